The zero-order chi connectivity index (χ0) is 23.9. The Balaban J connectivity index is 1.43. The Hall–Kier alpha value is -4.37. The van der Waals surface area contributed by atoms with Crippen molar-refractivity contribution in [2.24, 2.45) is 0 Å². The number of H-pyrrole nitrogens is 2. The van der Waals surface area contributed by atoms with Crippen molar-refractivity contribution in [1.29, 1.82) is 0 Å². The van der Waals surface area contributed by atoms with Crippen LogP contribution in [0.5, 0.6) is 0 Å². The molecule has 1 amide bonds. The molecule has 6 aromatic rings. The highest BCUT2D eigenvalue weighted by Crippen LogP contribution is 2.36. The number of nitrogens with one attached hydrogen (secondary N) is 3. The van der Waals surface area contributed by atoms with Gasteiger partial charge in [0.2, 0.25) is 5.91 Å². The molecule has 0 radical (unpaired) electrons. The van der Waals surface area contributed by atoms with E-state index in [0.29, 0.717) is 12.1 Å². The summed E-state index contributed by atoms with van der Waals surface area (Å²) in [5, 5.41) is 12.6. The van der Waals surface area contributed by atoms with Gasteiger partial charge in [0.05, 0.1) is 46.7 Å². The van der Waals surface area contributed by atoms with Crippen LogP contribution < -0.4 is 5.32 Å². The monoisotopic (exact) mass is 479 g/mol. The Morgan fingerprint density at radius 3 is 2.71 bits per heavy atom. The first-order valence-corrected chi connectivity index (χ1v) is 12.0. The molecule has 0 bridgehead atoms. The average molecular weight is 480 g/mol. The second-order valence-corrected chi connectivity index (χ2v) is 9.58. The third-order valence-corrected chi connectivity index (χ3v) is 6.93. The topological polar surface area (TPSA) is 112 Å². The summed E-state index contributed by atoms with van der Waals surface area (Å²) in [6.45, 7) is 3.92. The summed E-state index contributed by atoms with van der Waals surface area (Å²) in [6, 6.07) is 10.2. The zero-order valence-corrected chi connectivity index (χ0v) is 19.9. The van der Waals surface area contributed by atoms with Crippen LogP contribution in [0.2, 0.25) is 0 Å². The molecule has 0 spiro atoms. The summed E-state index contributed by atoms with van der Waals surface area (Å²) in [4.78, 5) is 31.0. The van der Waals surface area contributed by atoms with Crippen molar-refractivity contribution in [1.82, 2.24) is 30.1 Å². The molecule has 0 fully saturated rings. The van der Waals surface area contributed by atoms with Gasteiger partial charge in [0, 0.05) is 50.5 Å². The fourth-order valence-electron chi connectivity index (χ4n) is 4.13. The largest absolute Gasteiger partial charge is 0.352 e. The van der Waals surface area contributed by atoms with E-state index in [4.69, 9.17) is 0 Å². The number of carbonyl (C=O) groups is 1. The van der Waals surface area contributed by atoms with E-state index in [1.54, 1.807) is 29.9 Å². The molecule has 0 aliphatic heterocycles. The Labute approximate surface area is 204 Å². The van der Waals surface area contributed by atoms with Gasteiger partial charge < -0.3 is 10.3 Å². The first-order valence-electron chi connectivity index (χ1n) is 11.2. The molecule has 0 aliphatic carbocycles. The van der Waals surface area contributed by atoms with Crippen LogP contribution in [0.15, 0.2) is 61.3 Å². The molecule has 0 saturated carbocycles. The summed E-state index contributed by atoms with van der Waals surface area (Å²) in [5.41, 5.74) is 6.78. The summed E-state index contributed by atoms with van der Waals surface area (Å²) in [7, 11) is 0. The fourth-order valence-corrected chi connectivity index (χ4v) is 5.02. The standard InChI is InChI=1S/C26H21N7OS/c1-3-25(34)30-16-6-15(9-27-10-16)20-8-18-23(13-29-20)32-33-26(18)21-7-17-19(11-28-12-22(17)31-21)24-5-4-14(2)35-24/h4-13,31H,3H2,1-2H3,(H,30,34)(H,32,33). The van der Waals surface area contributed by atoms with E-state index in [0.717, 1.165) is 50.0 Å². The van der Waals surface area contributed by atoms with E-state index in [9.17, 15) is 4.79 Å². The van der Waals surface area contributed by atoms with Crippen LogP contribution in [-0.2, 0) is 4.79 Å². The number of hydrogen-bond acceptors (Lipinski definition) is 6. The number of hydrogen-bond donors (Lipinski definition) is 3. The molecule has 0 atom stereocenters. The number of amides is 1. The van der Waals surface area contributed by atoms with Gasteiger partial charge in [0.1, 0.15) is 5.69 Å². The number of fused-ring (bicyclic) bond motifs is 2. The van der Waals surface area contributed by atoms with Gasteiger partial charge in [-0.3, -0.25) is 24.8 Å². The van der Waals surface area contributed by atoms with Crippen LogP contribution in [-0.4, -0.2) is 36.0 Å². The van der Waals surface area contributed by atoms with Gasteiger partial charge in [0.25, 0.3) is 0 Å². The van der Waals surface area contributed by atoms with E-state index in [-0.39, 0.29) is 5.91 Å². The lowest BCUT2D eigenvalue weighted by molar-refractivity contribution is -0.115. The number of aryl methyl sites for hydroxylation is 1. The lowest BCUT2D eigenvalue weighted by Gasteiger charge is -2.06. The third-order valence-electron chi connectivity index (χ3n) is 5.89. The van der Waals surface area contributed by atoms with Gasteiger partial charge in [0.15, 0.2) is 0 Å². The lowest BCUT2D eigenvalue weighted by Crippen LogP contribution is -2.09. The van der Waals surface area contributed by atoms with Gasteiger partial charge in [-0.15, -0.1) is 11.3 Å². The van der Waals surface area contributed by atoms with Crippen LogP contribution in [0.25, 0.3) is 54.9 Å². The quantitative estimate of drug-likeness (QED) is 0.283. The predicted octanol–water partition coefficient (Wildman–Crippen LogP) is 5.95. The SMILES string of the molecule is CCC(=O)Nc1cncc(-c2cc3c(-c4cc5c(-c6ccc(C)s6)cncc5[nH]4)n[nH]c3cn2)c1. The van der Waals surface area contributed by atoms with Gasteiger partial charge in [-0.05, 0) is 37.3 Å². The van der Waals surface area contributed by atoms with Gasteiger partial charge in [-0.2, -0.15) is 5.10 Å². The van der Waals surface area contributed by atoms with E-state index in [2.05, 4.69) is 60.6 Å². The molecule has 3 N–H and O–H groups in total. The molecule has 0 aromatic carbocycles. The summed E-state index contributed by atoms with van der Waals surface area (Å²) in [6.07, 6.45) is 9.28. The van der Waals surface area contributed by atoms with Crippen molar-refractivity contribution in [2.75, 3.05) is 5.32 Å². The normalized spacial score (nSPS) is 11.4. The summed E-state index contributed by atoms with van der Waals surface area (Å²) >= 11 is 1.75. The van der Waals surface area contributed by atoms with E-state index < -0.39 is 0 Å². The highest BCUT2D eigenvalue weighted by atomic mass is 32.1. The Bertz CT molecular complexity index is 1710. The number of anilines is 1. The number of thiophene rings is 1. The molecule has 35 heavy (non-hydrogen) atoms. The van der Waals surface area contributed by atoms with Crippen LogP contribution in [0, 0.1) is 6.92 Å². The minimum absolute atomic E-state index is 0.0603. The van der Waals surface area contributed by atoms with Gasteiger partial charge >= 0.3 is 0 Å². The number of carbonyl (C=O) groups excluding carboxylic acids is 1. The Morgan fingerprint density at radius 1 is 1.00 bits per heavy atom. The minimum Gasteiger partial charge on any atom is -0.352 e. The number of pyridine rings is 3. The van der Waals surface area contributed by atoms with Crippen molar-refractivity contribution < 1.29 is 4.79 Å². The van der Waals surface area contributed by atoms with Crippen LogP contribution in [0.1, 0.15) is 18.2 Å². The number of aromatic nitrogens is 6. The maximum Gasteiger partial charge on any atom is 0.224 e. The minimum atomic E-state index is -0.0603. The second-order valence-electron chi connectivity index (χ2n) is 8.29. The summed E-state index contributed by atoms with van der Waals surface area (Å²) < 4.78 is 0. The fraction of sp³-hybridized carbons (Fsp3) is 0.115. The predicted molar refractivity (Wildman–Crippen MR) is 139 cm³/mol. The third kappa shape index (κ3) is 3.85. The summed E-state index contributed by atoms with van der Waals surface area (Å²) in [5.74, 6) is -0.0603. The first kappa shape index (κ1) is 21.2. The number of aromatic amines is 2. The first-order chi connectivity index (χ1) is 17.1. The number of rotatable bonds is 5. The highest BCUT2D eigenvalue weighted by molar-refractivity contribution is 7.15. The lowest BCUT2D eigenvalue weighted by atomic mass is 10.1. The van der Waals surface area contributed by atoms with Crippen molar-refractivity contribution in [3.05, 3.63) is 66.2 Å². The van der Waals surface area contributed by atoms with E-state index in [1.165, 1.54) is 9.75 Å². The molecular formula is C26H21N7OS. The zero-order valence-electron chi connectivity index (χ0n) is 19.1. The Kier molecular flexibility index (Phi) is 5.11. The molecule has 9 heteroatoms. The van der Waals surface area contributed by atoms with E-state index in [1.807, 2.05) is 31.5 Å². The van der Waals surface area contributed by atoms with E-state index >= 15 is 0 Å². The van der Waals surface area contributed by atoms with Crippen LogP contribution in [0.4, 0.5) is 5.69 Å². The highest BCUT2D eigenvalue weighted by Gasteiger charge is 2.16. The molecule has 0 aliphatic rings. The molecule has 0 saturated heterocycles. The van der Waals surface area contributed by atoms with Gasteiger partial charge in [-0.25, -0.2) is 0 Å². The molecule has 6 heterocycles. The average Bonchev–Trinajstić information content (AvgIpc) is 3.61. The molecular weight excluding hydrogens is 458 g/mol. The molecule has 8 nitrogen and oxygen atoms in total. The van der Waals surface area contributed by atoms with Gasteiger partial charge in [-0.1, -0.05) is 6.92 Å². The number of nitrogens with zero attached hydrogens (tertiary/aromatic N) is 4. The van der Waals surface area contributed by atoms with Crippen LogP contribution >= 0.6 is 11.3 Å². The molecule has 6 aromatic heterocycles. The second kappa shape index (κ2) is 8.44. The van der Waals surface area contributed by atoms with Crippen molar-refractivity contribution >= 4 is 44.7 Å². The van der Waals surface area contributed by atoms with Crippen LogP contribution in [0.3, 0.4) is 0 Å². The maximum atomic E-state index is 11.8. The molecule has 0 unspecified atom stereocenters. The maximum absolute atomic E-state index is 11.8. The Morgan fingerprint density at radius 2 is 1.89 bits per heavy atom. The molecule has 6 rings (SSSR count). The van der Waals surface area contributed by atoms with Crippen molar-refractivity contribution in [3.8, 4) is 33.1 Å². The molecule has 172 valence electrons. The van der Waals surface area contributed by atoms with Crippen molar-refractivity contribution in [2.45, 2.75) is 20.3 Å². The smallest absolute Gasteiger partial charge is 0.224 e. The van der Waals surface area contributed by atoms with Crippen molar-refractivity contribution in [3.63, 3.8) is 0 Å².